The highest BCUT2D eigenvalue weighted by molar-refractivity contribution is 7.91. The molecule has 19 heavy (non-hydrogen) atoms. The van der Waals surface area contributed by atoms with Crippen LogP contribution in [0.25, 0.3) is 9.75 Å². The van der Waals surface area contributed by atoms with E-state index < -0.39 is 10.8 Å². The first-order valence-electron chi connectivity index (χ1n) is 5.90. The second-order valence-electron chi connectivity index (χ2n) is 4.10. The van der Waals surface area contributed by atoms with Gasteiger partial charge in [0, 0.05) is 31.9 Å². The monoisotopic (exact) mass is 304 g/mol. The Labute approximate surface area is 123 Å². The van der Waals surface area contributed by atoms with E-state index >= 15 is 0 Å². The Morgan fingerprint density at radius 3 is 2.89 bits per heavy atom. The predicted molar refractivity (Wildman–Crippen MR) is 85.8 cm³/mol. The molecule has 0 saturated heterocycles. The molecule has 1 atom stereocenters. The zero-order chi connectivity index (χ0) is 13.1. The first kappa shape index (κ1) is 12.8. The van der Waals surface area contributed by atoms with Crippen molar-refractivity contribution in [2.45, 2.75) is 6.42 Å². The molecule has 3 rings (SSSR count). The second-order valence-corrected chi connectivity index (χ2v) is 7.38. The van der Waals surface area contributed by atoms with Crippen molar-refractivity contribution in [2.75, 3.05) is 0 Å². The van der Waals surface area contributed by atoms with E-state index in [1.54, 1.807) is 22.2 Å². The molecule has 3 heterocycles. The van der Waals surface area contributed by atoms with Gasteiger partial charge in [0.15, 0.2) is 0 Å². The van der Waals surface area contributed by atoms with E-state index in [2.05, 4.69) is 35.7 Å². The first-order chi connectivity index (χ1) is 9.31. The molecule has 0 amide bonds. The summed E-state index contributed by atoms with van der Waals surface area (Å²) >= 11 is 3.61. The zero-order valence-corrected chi connectivity index (χ0v) is 12.6. The van der Waals surface area contributed by atoms with Gasteiger partial charge >= 0.3 is 0 Å². The largest absolute Gasteiger partial charge is 0.250 e. The molecule has 0 radical (unpaired) electrons. The normalized spacial score (nSPS) is 18.3. The lowest BCUT2D eigenvalue weighted by Crippen LogP contribution is -1.73. The van der Waals surface area contributed by atoms with Gasteiger partial charge in [0.2, 0.25) is 0 Å². The molecule has 1 aliphatic rings. The van der Waals surface area contributed by atoms with Crippen molar-refractivity contribution < 1.29 is 4.21 Å². The van der Waals surface area contributed by atoms with Gasteiger partial charge in [-0.15, -0.1) is 22.7 Å². The average Bonchev–Trinajstić information content (AvgIpc) is 3.09. The molecular weight excluding hydrogens is 292 g/mol. The van der Waals surface area contributed by atoms with Crippen molar-refractivity contribution >= 4 is 33.5 Å². The molecule has 4 heteroatoms. The lowest BCUT2D eigenvalue weighted by molar-refractivity contribution is 0.693. The quantitative estimate of drug-likeness (QED) is 0.797. The van der Waals surface area contributed by atoms with Crippen LogP contribution < -0.4 is 0 Å². The predicted octanol–water partition coefficient (Wildman–Crippen LogP) is 4.74. The molecule has 0 aliphatic carbocycles. The highest BCUT2D eigenvalue weighted by Gasteiger charge is 2.03. The molecule has 0 aromatic carbocycles. The van der Waals surface area contributed by atoms with E-state index in [0.29, 0.717) is 0 Å². The van der Waals surface area contributed by atoms with Crippen LogP contribution in [0.1, 0.15) is 4.88 Å². The number of hydrogen-bond donors (Lipinski definition) is 0. The molecule has 2 aromatic rings. The molecule has 0 bridgehead atoms. The van der Waals surface area contributed by atoms with E-state index in [9.17, 15) is 4.21 Å². The van der Waals surface area contributed by atoms with Crippen molar-refractivity contribution in [2.24, 2.45) is 0 Å². The van der Waals surface area contributed by atoms with E-state index in [0.717, 1.165) is 12.0 Å². The van der Waals surface area contributed by atoms with Gasteiger partial charge in [-0.25, -0.2) is 0 Å². The van der Waals surface area contributed by atoms with Crippen LogP contribution in [0.3, 0.4) is 0 Å². The summed E-state index contributed by atoms with van der Waals surface area (Å²) in [6.45, 7) is 0. The van der Waals surface area contributed by atoms with E-state index in [-0.39, 0.29) is 0 Å². The fourth-order valence-corrected chi connectivity index (χ4v) is 4.42. The molecule has 1 nitrogen and oxygen atoms in total. The van der Waals surface area contributed by atoms with Gasteiger partial charge in [0.05, 0.1) is 10.8 Å². The Morgan fingerprint density at radius 2 is 2.16 bits per heavy atom. The van der Waals surface area contributed by atoms with Gasteiger partial charge in [-0.1, -0.05) is 18.2 Å². The zero-order valence-electron chi connectivity index (χ0n) is 10.1. The van der Waals surface area contributed by atoms with E-state index in [1.807, 2.05) is 23.5 Å². The number of rotatable bonds is 4. The molecule has 0 spiro atoms. The Kier molecular flexibility index (Phi) is 3.92. The molecular formula is C15H12OS3. The highest BCUT2D eigenvalue weighted by atomic mass is 32.2. The summed E-state index contributed by atoms with van der Waals surface area (Å²) in [6, 6.07) is 8.60. The van der Waals surface area contributed by atoms with Gasteiger partial charge in [0.1, 0.15) is 0 Å². The number of allylic oxidation sites excluding steroid dienone is 4. The van der Waals surface area contributed by atoms with Crippen LogP contribution >= 0.6 is 22.7 Å². The Balaban J connectivity index is 1.65. The molecule has 0 fully saturated rings. The van der Waals surface area contributed by atoms with Crippen molar-refractivity contribution in [3.05, 3.63) is 69.1 Å². The lowest BCUT2D eigenvalue weighted by atomic mass is 10.2. The Morgan fingerprint density at radius 1 is 1.21 bits per heavy atom. The standard InChI is InChI=1S/C15H12OS3/c16-19-10-8-12(11-19)3-1-4-13-6-7-15(18-13)14-5-2-9-17-14/h1-3,5-11H,4H2. The number of thiophene rings is 2. The minimum atomic E-state index is -0.907. The van der Waals surface area contributed by atoms with Crippen LogP contribution in [0.15, 0.2) is 64.3 Å². The summed E-state index contributed by atoms with van der Waals surface area (Å²) in [7, 11) is -0.907. The van der Waals surface area contributed by atoms with Gasteiger partial charge in [-0.05, 0) is 35.2 Å². The van der Waals surface area contributed by atoms with Gasteiger partial charge in [0.25, 0.3) is 0 Å². The molecule has 1 unspecified atom stereocenters. The van der Waals surface area contributed by atoms with Crippen LogP contribution in [0.2, 0.25) is 0 Å². The summed E-state index contributed by atoms with van der Waals surface area (Å²) < 4.78 is 11.1. The van der Waals surface area contributed by atoms with Gasteiger partial charge in [-0.3, -0.25) is 4.21 Å². The molecule has 0 saturated carbocycles. The van der Waals surface area contributed by atoms with Crippen molar-refractivity contribution in [3.8, 4) is 9.75 Å². The molecule has 96 valence electrons. The topological polar surface area (TPSA) is 17.1 Å². The van der Waals surface area contributed by atoms with Crippen molar-refractivity contribution in [1.29, 1.82) is 0 Å². The van der Waals surface area contributed by atoms with Crippen LogP contribution in [0.5, 0.6) is 0 Å². The summed E-state index contributed by atoms with van der Waals surface area (Å²) in [4.78, 5) is 4.01. The fourth-order valence-electron chi connectivity index (χ4n) is 1.80. The van der Waals surface area contributed by atoms with E-state index in [4.69, 9.17) is 0 Å². The molecule has 0 N–H and O–H groups in total. The SMILES string of the molecule is O=S1C=CC(C=CCc2ccc(-c3cccs3)s2)=C1. The highest BCUT2D eigenvalue weighted by Crippen LogP contribution is 2.31. The Bertz CT molecular complexity index is 672. The summed E-state index contributed by atoms with van der Waals surface area (Å²) in [5.74, 6) is 0. The fraction of sp³-hybridized carbons (Fsp3) is 0.0667. The maximum Gasteiger partial charge on any atom is 0.0708 e. The van der Waals surface area contributed by atoms with Crippen LogP contribution in [0.4, 0.5) is 0 Å². The summed E-state index contributed by atoms with van der Waals surface area (Å²) in [5, 5.41) is 5.58. The van der Waals surface area contributed by atoms with Crippen molar-refractivity contribution in [3.63, 3.8) is 0 Å². The van der Waals surface area contributed by atoms with Crippen molar-refractivity contribution in [1.82, 2.24) is 0 Å². The van der Waals surface area contributed by atoms with Crippen LogP contribution in [-0.2, 0) is 17.2 Å². The van der Waals surface area contributed by atoms with E-state index in [1.165, 1.54) is 14.6 Å². The first-order valence-corrected chi connectivity index (χ1v) is 8.87. The molecule has 1 aliphatic heterocycles. The minimum absolute atomic E-state index is 0.907. The third kappa shape index (κ3) is 3.21. The van der Waals surface area contributed by atoms with Crippen LogP contribution in [-0.4, -0.2) is 4.21 Å². The van der Waals surface area contributed by atoms with Gasteiger partial charge < -0.3 is 0 Å². The lowest BCUT2D eigenvalue weighted by Gasteiger charge is -1.90. The maximum absolute atomic E-state index is 11.1. The summed E-state index contributed by atoms with van der Waals surface area (Å²) in [5.41, 5.74) is 1.04. The second kappa shape index (κ2) is 5.82. The third-order valence-corrected chi connectivity index (χ3v) is 5.78. The molecule has 2 aromatic heterocycles. The summed E-state index contributed by atoms with van der Waals surface area (Å²) in [6.07, 6.45) is 6.99. The maximum atomic E-state index is 11.1. The average molecular weight is 304 g/mol. The number of hydrogen-bond acceptors (Lipinski definition) is 3. The minimum Gasteiger partial charge on any atom is -0.250 e. The Hall–Kier alpha value is -1.23. The third-order valence-electron chi connectivity index (χ3n) is 2.70. The van der Waals surface area contributed by atoms with Crippen LogP contribution in [0, 0.1) is 0 Å². The van der Waals surface area contributed by atoms with Gasteiger partial charge in [-0.2, -0.15) is 0 Å². The smallest absolute Gasteiger partial charge is 0.0708 e.